The fraction of sp³-hybridized carbons (Fsp3) is 0.533. The largest absolute Gasteiger partial charge is 0.490 e. The highest BCUT2D eigenvalue weighted by molar-refractivity contribution is 5.95. The number of rotatable bonds is 1. The lowest BCUT2D eigenvalue weighted by Crippen LogP contribution is -2.52. The number of amides is 1. The van der Waals surface area contributed by atoms with Gasteiger partial charge in [0.15, 0.2) is 11.5 Å². The first-order valence-corrected chi connectivity index (χ1v) is 7.17. The summed E-state index contributed by atoms with van der Waals surface area (Å²) in [7, 11) is 0. The highest BCUT2D eigenvalue weighted by Crippen LogP contribution is 2.31. The van der Waals surface area contributed by atoms with Crippen LogP contribution in [0.1, 0.15) is 23.7 Å². The molecule has 0 aromatic heterocycles. The van der Waals surface area contributed by atoms with E-state index in [4.69, 9.17) is 9.47 Å². The summed E-state index contributed by atoms with van der Waals surface area (Å²) >= 11 is 0. The van der Waals surface area contributed by atoms with Gasteiger partial charge in [0.25, 0.3) is 5.91 Å². The molecule has 0 saturated carbocycles. The molecule has 1 fully saturated rings. The first-order chi connectivity index (χ1) is 9.75. The average Bonchev–Trinajstić information content (AvgIpc) is 2.71. The summed E-state index contributed by atoms with van der Waals surface area (Å²) in [6.07, 6.45) is 0.868. The van der Waals surface area contributed by atoms with Gasteiger partial charge < -0.3 is 19.7 Å². The van der Waals surface area contributed by atoms with Crippen molar-refractivity contribution in [3.05, 3.63) is 23.8 Å². The predicted octanol–water partition coefficient (Wildman–Crippen LogP) is 1.28. The Hall–Kier alpha value is -1.75. The van der Waals surface area contributed by atoms with Crippen LogP contribution in [0.25, 0.3) is 0 Å². The normalized spacial score (nSPS) is 22.2. The summed E-state index contributed by atoms with van der Waals surface area (Å²) in [6, 6.07) is 5.68. The van der Waals surface area contributed by atoms with Crippen LogP contribution in [0.5, 0.6) is 11.5 Å². The minimum absolute atomic E-state index is 0.0645. The molecule has 3 rings (SSSR count). The van der Waals surface area contributed by atoms with Gasteiger partial charge in [0.2, 0.25) is 0 Å². The number of carbonyl (C=O) groups is 1. The van der Waals surface area contributed by atoms with Crippen molar-refractivity contribution in [3.8, 4) is 11.5 Å². The second-order valence-corrected chi connectivity index (χ2v) is 5.26. The Balaban J connectivity index is 1.82. The Bertz CT molecular complexity index is 504. The zero-order valence-corrected chi connectivity index (χ0v) is 11.7. The topological polar surface area (TPSA) is 50.8 Å². The van der Waals surface area contributed by atoms with Gasteiger partial charge >= 0.3 is 0 Å². The summed E-state index contributed by atoms with van der Waals surface area (Å²) < 4.78 is 11.2. The monoisotopic (exact) mass is 276 g/mol. The highest BCUT2D eigenvalue weighted by atomic mass is 16.5. The van der Waals surface area contributed by atoms with Crippen LogP contribution in [-0.2, 0) is 0 Å². The third kappa shape index (κ3) is 2.58. The number of carbonyl (C=O) groups excluding carboxylic acids is 1. The Labute approximate surface area is 118 Å². The van der Waals surface area contributed by atoms with Gasteiger partial charge in [-0.05, 0) is 25.1 Å². The molecule has 2 aliphatic heterocycles. The van der Waals surface area contributed by atoms with E-state index in [0.717, 1.165) is 31.8 Å². The van der Waals surface area contributed by atoms with E-state index in [9.17, 15) is 4.79 Å². The first-order valence-electron chi connectivity index (χ1n) is 7.17. The van der Waals surface area contributed by atoms with Gasteiger partial charge in [-0.15, -0.1) is 0 Å². The molecular weight excluding hydrogens is 256 g/mol. The number of piperazine rings is 1. The second-order valence-electron chi connectivity index (χ2n) is 5.26. The standard InChI is InChI=1S/C15H20N2O3/c1-11-10-16-5-6-17(11)15(18)12-3-4-13-14(9-12)20-8-2-7-19-13/h3-4,9,11,16H,2,5-8,10H2,1H3/t11-/m1/s1. The fourth-order valence-corrected chi connectivity index (χ4v) is 2.60. The van der Waals surface area contributed by atoms with Crippen LogP contribution in [-0.4, -0.2) is 49.7 Å². The lowest BCUT2D eigenvalue weighted by molar-refractivity contribution is 0.0655. The van der Waals surface area contributed by atoms with Crippen LogP contribution in [0.3, 0.4) is 0 Å². The van der Waals surface area contributed by atoms with Crippen LogP contribution in [0.15, 0.2) is 18.2 Å². The van der Waals surface area contributed by atoms with Gasteiger partial charge in [-0.3, -0.25) is 4.79 Å². The van der Waals surface area contributed by atoms with Crippen molar-refractivity contribution in [1.29, 1.82) is 0 Å². The maximum Gasteiger partial charge on any atom is 0.254 e. The molecule has 20 heavy (non-hydrogen) atoms. The molecule has 0 unspecified atom stereocenters. The van der Waals surface area contributed by atoms with Crippen LogP contribution in [0, 0.1) is 0 Å². The van der Waals surface area contributed by atoms with Crippen molar-refractivity contribution in [2.75, 3.05) is 32.8 Å². The first kappa shape index (κ1) is 13.2. The quantitative estimate of drug-likeness (QED) is 0.839. The molecule has 1 N–H and O–H groups in total. The van der Waals surface area contributed by atoms with E-state index in [1.54, 1.807) is 6.07 Å². The third-order valence-corrected chi connectivity index (χ3v) is 3.76. The van der Waals surface area contributed by atoms with Gasteiger partial charge in [-0.1, -0.05) is 0 Å². The number of fused-ring (bicyclic) bond motifs is 1. The van der Waals surface area contributed by atoms with E-state index in [-0.39, 0.29) is 11.9 Å². The third-order valence-electron chi connectivity index (χ3n) is 3.76. The molecule has 0 radical (unpaired) electrons. The Morgan fingerprint density at radius 3 is 2.90 bits per heavy atom. The minimum atomic E-state index is 0.0645. The molecule has 1 aromatic carbocycles. The maximum absolute atomic E-state index is 12.6. The predicted molar refractivity (Wildman–Crippen MR) is 75.4 cm³/mol. The summed E-state index contributed by atoms with van der Waals surface area (Å²) in [4.78, 5) is 14.5. The van der Waals surface area contributed by atoms with Crippen LogP contribution < -0.4 is 14.8 Å². The SMILES string of the molecule is C[C@@H]1CNCCN1C(=O)c1ccc2c(c1)OCCCO2. The van der Waals surface area contributed by atoms with Gasteiger partial charge in [0, 0.05) is 37.7 Å². The zero-order valence-electron chi connectivity index (χ0n) is 11.7. The van der Waals surface area contributed by atoms with E-state index in [2.05, 4.69) is 12.2 Å². The molecule has 1 saturated heterocycles. The van der Waals surface area contributed by atoms with E-state index in [1.807, 2.05) is 17.0 Å². The number of nitrogens with one attached hydrogen (secondary N) is 1. The van der Waals surface area contributed by atoms with Gasteiger partial charge in [-0.25, -0.2) is 0 Å². The van der Waals surface area contributed by atoms with Gasteiger partial charge in [0.05, 0.1) is 13.2 Å². The van der Waals surface area contributed by atoms with Crippen molar-refractivity contribution in [2.24, 2.45) is 0 Å². The molecule has 5 heteroatoms. The summed E-state index contributed by atoms with van der Waals surface area (Å²) in [5.74, 6) is 1.47. The van der Waals surface area contributed by atoms with E-state index in [1.165, 1.54) is 0 Å². The number of ether oxygens (including phenoxy) is 2. The van der Waals surface area contributed by atoms with E-state index in [0.29, 0.717) is 24.5 Å². The number of hydrogen-bond donors (Lipinski definition) is 1. The lowest BCUT2D eigenvalue weighted by atomic mass is 10.1. The smallest absolute Gasteiger partial charge is 0.254 e. The summed E-state index contributed by atoms with van der Waals surface area (Å²) in [5, 5.41) is 3.29. The van der Waals surface area contributed by atoms with Gasteiger partial charge in [0.1, 0.15) is 0 Å². The van der Waals surface area contributed by atoms with Crippen LogP contribution in [0.4, 0.5) is 0 Å². The summed E-state index contributed by atoms with van der Waals surface area (Å²) in [5.41, 5.74) is 0.669. The molecule has 2 aliphatic rings. The van der Waals surface area contributed by atoms with Crippen molar-refractivity contribution < 1.29 is 14.3 Å². The molecular formula is C15H20N2O3. The molecule has 1 amide bonds. The molecule has 1 atom stereocenters. The highest BCUT2D eigenvalue weighted by Gasteiger charge is 2.25. The Kier molecular flexibility index (Phi) is 3.78. The van der Waals surface area contributed by atoms with Crippen molar-refractivity contribution >= 4 is 5.91 Å². The number of nitrogens with zero attached hydrogens (tertiary/aromatic N) is 1. The van der Waals surface area contributed by atoms with Crippen molar-refractivity contribution in [2.45, 2.75) is 19.4 Å². The molecule has 108 valence electrons. The Morgan fingerprint density at radius 2 is 2.10 bits per heavy atom. The molecule has 2 heterocycles. The fourth-order valence-electron chi connectivity index (χ4n) is 2.60. The lowest BCUT2D eigenvalue weighted by Gasteiger charge is -2.34. The average molecular weight is 276 g/mol. The second kappa shape index (κ2) is 5.71. The molecule has 1 aromatic rings. The minimum Gasteiger partial charge on any atom is -0.490 e. The van der Waals surface area contributed by atoms with Crippen LogP contribution >= 0.6 is 0 Å². The van der Waals surface area contributed by atoms with Crippen LogP contribution in [0.2, 0.25) is 0 Å². The molecule has 0 aliphatic carbocycles. The van der Waals surface area contributed by atoms with Crippen molar-refractivity contribution in [3.63, 3.8) is 0 Å². The molecule has 0 bridgehead atoms. The Morgan fingerprint density at radius 1 is 1.30 bits per heavy atom. The molecule has 0 spiro atoms. The maximum atomic E-state index is 12.6. The van der Waals surface area contributed by atoms with Crippen molar-refractivity contribution in [1.82, 2.24) is 10.2 Å². The van der Waals surface area contributed by atoms with E-state index < -0.39 is 0 Å². The number of benzene rings is 1. The number of hydrogen-bond acceptors (Lipinski definition) is 4. The van der Waals surface area contributed by atoms with Gasteiger partial charge in [-0.2, -0.15) is 0 Å². The molecule has 5 nitrogen and oxygen atoms in total. The van der Waals surface area contributed by atoms with E-state index >= 15 is 0 Å². The summed E-state index contributed by atoms with van der Waals surface area (Å²) in [6.45, 7) is 5.79. The zero-order chi connectivity index (χ0) is 13.9.